The number of carbonyl (C=O) groups excluding carboxylic acids is 1. The second-order valence-corrected chi connectivity index (χ2v) is 3.77. The molecular formula is C14H21NO3. The molecule has 0 spiro atoms. The normalized spacial score (nSPS) is 10.1. The van der Waals surface area contributed by atoms with E-state index in [0.29, 0.717) is 13.2 Å². The van der Waals surface area contributed by atoms with E-state index in [1.165, 1.54) is 5.69 Å². The molecule has 0 unspecified atom stereocenters. The van der Waals surface area contributed by atoms with Crippen LogP contribution >= 0.6 is 0 Å². The molecule has 0 heterocycles. The molecule has 0 aliphatic heterocycles. The molecule has 4 heteroatoms. The van der Waals surface area contributed by atoms with Gasteiger partial charge in [0.05, 0.1) is 13.2 Å². The molecule has 0 aliphatic carbocycles. The predicted octanol–water partition coefficient (Wildman–Crippen LogP) is 2.09. The maximum absolute atomic E-state index is 11.1. The summed E-state index contributed by atoms with van der Waals surface area (Å²) in [6.07, 6.45) is 0. The summed E-state index contributed by atoms with van der Waals surface area (Å²) < 4.78 is 10.1. The molecular weight excluding hydrogens is 230 g/mol. The highest BCUT2D eigenvalue weighted by Crippen LogP contribution is 2.11. The van der Waals surface area contributed by atoms with Crippen LogP contribution in [0, 0.1) is 0 Å². The van der Waals surface area contributed by atoms with Gasteiger partial charge in [-0.1, -0.05) is 18.2 Å². The molecule has 1 aromatic rings. The van der Waals surface area contributed by atoms with E-state index in [9.17, 15) is 4.79 Å². The first kappa shape index (κ1) is 14.5. The topological polar surface area (TPSA) is 38.8 Å². The van der Waals surface area contributed by atoms with Crippen molar-refractivity contribution in [1.82, 2.24) is 0 Å². The third-order valence-corrected chi connectivity index (χ3v) is 2.53. The van der Waals surface area contributed by atoms with Crippen LogP contribution < -0.4 is 4.90 Å². The second kappa shape index (κ2) is 8.53. The monoisotopic (exact) mass is 251 g/mol. The van der Waals surface area contributed by atoms with Crippen molar-refractivity contribution in [3.8, 4) is 0 Å². The van der Waals surface area contributed by atoms with Crippen LogP contribution in [0.25, 0.3) is 0 Å². The summed E-state index contributed by atoms with van der Waals surface area (Å²) in [6.45, 7) is 6.49. The van der Waals surface area contributed by atoms with Crippen molar-refractivity contribution in [3.63, 3.8) is 0 Å². The Morgan fingerprint density at radius 1 is 1.22 bits per heavy atom. The zero-order chi connectivity index (χ0) is 13.2. The first-order chi connectivity index (χ1) is 8.77. The van der Waals surface area contributed by atoms with Crippen molar-refractivity contribution < 1.29 is 14.3 Å². The van der Waals surface area contributed by atoms with E-state index in [0.717, 1.165) is 13.1 Å². The van der Waals surface area contributed by atoms with Crippen LogP contribution in [0.2, 0.25) is 0 Å². The van der Waals surface area contributed by atoms with E-state index in [2.05, 4.69) is 24.0 Å². The van der Waals surface area contributed by atoms with Gasteiger partial charge in [-0.05, 0) is 26.0 Å². The Hall–Kier alpha value is -1.55. The number of esters is 1. The fourth-order valence-corrected chi connectivity index (χ4v) is 1.64. The summed E-state index contributed by atoms with van der Waals surface area (Å²) in [7, 11) is 0. The van der Waals surface area contributed by atoms with Gasteiger partial charge in [0.1, 0.15) is 6.61 Å². The van der Waals surface area contributed by atoms with Crippen molar-refractivity contribution in [2.75, 3.05) is 37.8 Å². The van der Waals surface area contributed by atoms with Crippen LogP contribution in [0.15, 0.2) is 30.3 Å². The van der Waals surface area contributed by atoms with Gasteiger partial charge in [-0.3, -0.25) is 0 Å². The van der Waals surface area contributed by atoms with E-state index in [4.69, 9.17) is 9.47 Å². The average Bonchev–Trinajstić information content (AvgIpc) is 2.40. The van der Waals surface area contributed by atoms with Crippen LogP contribution in [0.1, 0.15) is 13.8 Å². The first-order valence-electron chi connectivity index (χ1n) is 6.31. The number of carbonyl (C=O) groups is 1. The zero-order valence-electron chi connectivity index (χ0n) is 11.1. The number of benzene rings is 1. The summed E-state index contributed by atoms with van der Waals surface area (Å²) in [5.74, 6) is -0.305. The molecule has 0 atom stereocenters. The summed E-state index contributed by atoms with van der Waals surface area (Å²) in [4.78, 5) is 13.3. The molecule has 0 radical (unpaired) electrons. The quantitative estimate of drug-likeness (QED) is 0.524. The Morgan fingerprint density at radius 2 is 1.94 bits per heavy atom. The highest BCUT2D eigenvalue weighted by molar-refractivity contribution is 5.70. The standard InChI is InChI=1S/C14H21NO3/c1-3-15(13-8-6-5-7-9-13)10-11-17-12-14(16)18-4-2/h5-9H,3-4,10-12H2,1-2H3. The van der Waals surface area contributed by atoms with Crippen LogP contribution in [-0.4, -0.2) is 38.9 Å². The van der Waals surface area contributed by atoms with Crippen molar-refractivity contribution in [2.45, 2.75) is 13.8 Å². The lowest BCUT2D eigenvalue weighted by atomic mass is 10.3. The lowest BCUT2D eigenvalue weighted by Crippen LogP contribution is -2.28. The number of likely N-dealkylation sites (N-methyl/N-ethyl adjacent to an activating group) is 1. The highest BCUT2D eigenvalue weighted by atomic mass is 16.6. The molecule has 0 N–H and O–H groups in total. The van der Waals surface area contributed by atoms with Crippen molar-refractivity contribution in [3.05, 3.63) is 30.3 Å². The molecule has 0 aromatic heterocycles. The van der Waals surface area contributed by atoms with Gasteiger partial charge < -0.3 is 14.4 Å². The van der Waals surface area contributed by atoms with Gasteiger partial charge in [0, 0.05) is 18.8 Å². The smallest absolute Gasteiger partial charge is 0.332 e. The van der Waals surface area contributed by atoms with Gasteiger partial charge in [-0.2, -0.15) is 0 Å². The second-order valence-electron chi connectivity index (χ2n) is 3.77. The average molecular weight is 251 g/mol. The van der Waals surface area contributed by atoms with Gasteiger partial charge >= 0.3 is 5.97 Å². The first-order valence-corrected chi connectivity index (χ1v) is 6.31. The van der Waals surface area contributed by atoms with Crippen molar-refractivity contribution in [1.29, 1.82) is 0 Å². The Balaban J connectivity index is 2.26. The summed E-state index contributed by atoms with van der Waals surface area (Å²) in [5, 5.41) is 0. The predicted molar refractivity (Wildman–Crippen MR) is 71.8 cm³/mol. The number of rotatable bonds is 8. The Bertz CT molecular complexity index is 340. The Kier molecular flexibility index (Phi) is 6.87. The number of ether oxygens (including phenoxy) is 2. The highest BCUT2D eigenvalue weighted by Gasteiger charge is 2.05. The minimum atomic E-state index is -0.305. The van der Waals surface area contributed by atoms with Crippen LogP contribution in [0.3, 0.4) is 0 Å². The molecule has 1 aromatic carbocycles. The molecule has 0 bridgehead atoms. The lowest BCUT2D eigenvalue weighted by Gasteiger charge is -2.22. The molecule has 0 aliphatic rings. The Morgan fingerprint density at radius 3 is 2.56 bits per heavy atom. The minimum absolute atomic E-state index is 0.0280. The van der Waals surface area contributed by atoms with Gasteiger partial charge in [-0.25, -0.2) is 4.79 Å². The van der Waals surface area contributed by atoms with Gasteiger partial charge in [0.25, 0.3) is 0 Å². The fraction of sp³-hybridized carbons (Fsp3) is 0.500. The number of hydrogen-bond acceptors (Lipinski definition) is 4. The molecule has 0 fully saturated rings. The van der Waals surface area contributed by atoms with E-state index in [-0.39, 0.29) is 12.6 Å². The number of para-hydroxylation sites is 1. The molecule has 1 rings (SSSR count). The summed E-state index contributed by atoms with van der Waals surface area (Å²) >= 11 is 0. The third-order valence-electron chi connectivity index (χ3n) is 2.53. The van der Waals surface area contributed by atoms with Crippen LogP contribution in [0.5, 0.6) is 0 Å². The maximum atomic E-state index is 11.1. The fourth-order valence-electron chi connectivity index (χ4n) is 1.64. The van der Waals surface area contributed by atoms with Gasteiger partial charge in [0.2, 0.25) is 0 Å². The molecule has 18 heavy (non-hydrogen) atoms. The van der Waals surface area contributed by atoms with Crippen molar-refractivity contribution in [2.24, 2.45) is 0 Å². The van der Waals surface area contributed by atoms with Gasteiger partial charge in [0.15, 0.2) is 0 Å². The largest absolute Gasteiger partial charge is 0.464 e. The number of nitrogens with zero attached hydrogens (tertiary/aromatic N) is 1. The van der Waals surface area contributed by atoms with Crippen molar-refractivity contribution >= 4 is 11.7 Å². The van der Waals surface area contributed by atoms with E-state index >= 15 is 0 Å². The Labute approximate surface area is 108 Å². The number of hydrogen-bond donors (Lipinski definition) is 0. The molecule has 4 nitrogen and oxygen atoms in total. The molecule has 100 valence electrons. The molecule has 0 amide bonds. The lowest BCUT2D eigenvalue weighted by molar-refractivity contribution is -0.148. The minimum Gasteiger partial charge on any atom is -0.464 e. The summed E-state index contributed by atoms with van der Waals surface area (Å²) in [5.41, 5.74) is 1.17. The van der Waals surface area contributed by atoms with Crippen LogP contribution in [0.4, 0.5) is 5.69 Å². The maximum Gasteiger partial charge on any atom is 0.332 e. The number of anilines is 1. The third kappa shape index (κ3) is 5.19. The van der Waals surface area contributed by atoms with Crippen LogP contribution in [-0.2, 0) is 14.3 Å². The van der Waals surface area contributed by atoms with E-state index < -0.39 is 0 Å². The van der Waals surface area contributed by atoms with Gasteiger partial charge in [-0.15, -0.1) is 0 Å². The SMILES string of the molecule is CCOC(=O)COCCN(CC)c1ccccc1. The molecule has 0 saturated carbocycles. The zero-order valence-corrected chi connectivity index (χ0v) is 11.1. The summed E-state index contributed by atoms with van der Waals surface area (Å²) in [6, 6.07) is 10.1. The van der Waals surface area contributed by atoms with E-state index in [1.54, 1.807) is 6.92 Å². The molecule has 0 saturated heterocycles. The van der Waals surface area contributed by atoms with E-state index in [1.807, 2.05) is 18.2 Å².